The molecule has 2 rings (SSSR count). The van der Waals surface area contributed by atoms with E-state index in [0.29, 0.717) is 0 Å². The normalized spacial score (nSPS) is 24.1. The van der Waals surface area contributed by atoms with Crippen LogP contribution in [0.1, 0.15) is 33.3 Å². The van der Waals surface area contributed by atoms with Crippen LogP contribution in [-0.4, -0.2) is 69.6 Å². The lowest BCUT2D eigenvalue weighted by atomic mass is 9.98. The largest absolute Gasteiger partial charge is 0.463 e. The van der Waals surface area contributed by atoms with Crippen molar-refractivity contribution in [3.05, 3.63) is 29.8 Å². The molecule has 14 heteroatoms. The van der Waals surface area contributed by atoms with E-state index in [0.717, 1.165) is 27.7 Å². The number of carbonyl (C=O) groups excluding carboxylic acids is 4. The predicted molar refractivity (Wildman–Crippen MR) is 113 cm³/mol. The van der Waals surface area contributed by atoms with Crippen LogP contribution in [0.15, 0.2) is 24.3 Å². The maximum atomic E-state index is 12.9. The molecule has 1 saturated heterocycles. The highest BCUT2D eigenvalue weighted by Crippen LogP contribution is 2.31. The molecule has 1 heterocycles. The summed E-state index contributed by atoms with van der Waals surface area (Å²) in [4.78, 5) is 46.7. The van der Waals surface area contributed by atoms with E-state index < -0.39 is 77.2 Å². The molecule has 35 heavy (non-hydrogen) atoms. The minimum absolute atomic E-state index is 0.0888. The van der Waals surface area contributed by atoms with Gasteiger partial charge in [0.1, 0.15) is 24.2 Å². The molecule has 1 fully saturated rings. The van der Waals surface area contributed by atoms with E-state index in [4.69, 9.17) is 28.4 Å². The lowest BCUT2D eigenvalue weighted by molar-refractivity contribution is -0.288. The SMILES string of the molecule is CC(=O)OC[C@H]1O[C@@H](Oc2ccc(CS(=O)(=O)F)cc2)[C@H](OC(C)=O)[C@@H](OC(C)=O)[C@H]1OC(C)=O. The molecule has 0 spiro atoms. The Morgan fingerprint density at radius 3 is 1.83 bits per heavy atom. The Labute approximate surface area is 200 Å². The fraction of sp³-hybridized carbons (Fsp3) is 0.524. The van der Waals surface area contributed by atoms with Crippen molar-refractivity contribution in [2.24, 2.45) is 0 Å². The highest BCUT2D eigenvalue weighted by molar-refractivity contribution is 7.85. The standard InChI is InChI=1S/C21H25FO12S/c1-11(23)29-9-17-18(30-12(2)24)19(31-13(3)25)20(32-14(4)26)21(34-17)33-16-7-5-15(6-8-16)10-35(22,27)28/h5-8,17-21H,9-10H2,1-4H3/t17-,18+,19+,20-,21-/m1/s1. The van der Waals surface area contributed by atoms with Gasteiger partial charge in [0.05, 0.1) is 0 Å². The number of esters is 4. The smallest absolute Gasteiger partial charge is 0.306 e. The summed E-state index contributed by atoms with van der Waals surface area (Å²) in [6.07, 6.45) is -6.82. The van der Waals surface area contributed by atoms with Gasteiger partial charge in [0.25, 0.3) is 0 Å². The maximum Gasteiger partial charge on any atom is 0.306 e. The Kier molecular flexibility index (Phi) is 9.54. The van der Waals surface area contributed by atoms with Crippen LogP contribution >= 0.6 is 0 Å². The molecule has 0 unspecified atom stereocenters. The van der Waals surface area contributed by atoms with E-state index in [1.165, 1.54) is 24.3 Å². The number of benzene rings is 1. The van der Waals surface area contributed by atoms with Crippen molar-refractivity contribution in [3.63, 3.8) is 0 Å². The van der Waals surface area contributed by atoms with Gasteiger partial charge in [-0.1, -0.05) is 12.1 Å². The Bertz CT molecular complexity index is 1040. The molecule has 1 aliphatic rings. The van der Waals surface area contributed by atoms with Crippen LogP contribution in [0.25, 0.3) is 0 Å². The van der Waals surface area contributed by atoms with Gasteiger partial charge in [0.2, 0.25) is 12.4 Å². The molecule has 1 aromatic rings. The summed E-state index contributed by atoms with van der Waals surface area (Å²) in [6, 6.07) is 5.21. The third-order valence-corrected chi connectivity index (χ3v) is 5.14. The molecule has 5 atom stereocenters. The average Bonchev–Trinajstić information content (AvgIpc) is 2.70. The van der Waals surface area contributed by atoms with Gasteiger partial charge in [-0.2, -0.15) is 8.42 Å². The first-order chi connectivity index (χ1) is 16.2. The van der Waals surface area contributed by atoms with Crippen LogP contribution < -0.4 is 4.74 Å². The quantitative estimate of drug-likeness (QED) is 0.258. The van der Waals surface area contributed by atoms with Crippen LogP contribution in [-0.2, 0) is 58.8 Å². The number of hydrogen-bond acceptors (Lipinski definition) is 12. The molecule has 0 amide bonds. The number of rotatable bonds is 9. The van der Waals surface area contributed by atoms with Crippen molar-refractivity contribution in [1.82, 2.24) is 0 Å². The minimum Gasteiger partial charge on any atom is -0.463 e. The van der Waals surface area contributed by atoms with E-state index >= 15 is 0 Å². The first kappa shape index (κ1) is 28.0. The van der Waals surface area contributed by atoms with Crippen LogP contribution in [0, 0.1) is 0 Å². The molecule has 1 aromatic carbocycles. The van der Waals surface area contributed by atoms with Crippen molar-refractivity contribution in [2.45, 2.75) is 64.2 Å². The van der Waals surface area contributed by atoms with Gasteiger partial charge >= 0.3 is 34.1 Å². The lowest BCUT2D eigenvalue weighted by Crippen LogP contribution is -2.63. The Balaban J connectivity index is 2.41. The van der Waals surface area contributed by atoms with Gasteiger partial charge in [-0.15, -0.1) is 3.89 Å². The summed E-state index contributed by atoms with van der Waals surface area (Å²) in [6.45, 7) is 3.98. The van der Waals surface area contributed by atoms with Crippen LogP contribution in [0.2, 0.25) is 0 Å². The second-order valence-electron chi connectivity index (χ2n) is 7.51. The third kappa shape index (κ3) is 9.13. The van der Waals surface area contributed by atoms with Crippen molar-refractivity contribution in [2.75, 3.05) is 6.61 Å². The molecule has 0 N–H and O–H groups in total. The van der Waals surface area contributed by atoms with Crippen LogP contribution in [0.4, 0.5) is 3.89 Å². The molecule has 12 nitrogen and oxygen atoms in total. The van der Waals surface area contributed by atoms with Crippen LogP contribution in [0.3, 0.4) is 0 Å². The molecule has 0 saturated carbocycles. The van der Waals surface area contributed by atoms with Crippen LogP contribution in [0.5, 0.6) is 5.75 Å². The van der Waals surface area contributed by atoms with Gasteiger partial charge in [0.15, 0.2) is 12.2 Å². The summed E-state index contributed by atoms with van der Waals surface area (Å²) in [5.74, 6) is -3.79. The molecule has 194 valence electrons. The van der Waals surface area contributed by atoms with Crippen molar-refractivity contribution >= 4 is 34.1 Å². The van der Waals surface area contributed by atoms with E-state index in [2.05, 4.69) is 0 Å². The lowest BCUT2D eigenvalue weighted by Gasteiger charge is -2.43. The fourth-order valence-electron chi connectivity index (χ4n) is 3.28. The zero-order valence-electron chi connectivity index (χ0n) is 19.3. The predicted octanol–water partition coefficient (Wildman–Crippen LogP) is 0.948. The van der Waals surface area contributed by atoms with Gasteiger partial charge < -0.3 is 28.4 Å². The summed E-state index contributed by atoms with van der Waals surface area (Å²) in [7, 11) is -4.75. The van der Waals surface area contributed by atoms with Gasteiger partial charge in [-0.3, -0.25) is 19.2 Å². The van der Waals surface area contributed by atoms with Gasteiger partial charge in [-0.25, -0.2) is 0 Å². The Hall–Kier alpha value is -3.26. The number of halogens is 1. The number of hydrogen-bond donors (Lipinski definition) is 0. The second kappa shape index (κ2) is 11.9. The summed E-state index contributed by atoms with van der Waals surface area (Å²) in [5.41, 5.74) is 0.140. The van der Waals surface area contributed by atoms with E-state index in [9.17, 15) is 31.5 Å². The molecule has 0 aliphatic carbocycles. The summed E-state index contributed by atoms with van der Waals surface area (Å²) in [5, 5.41) is 0. The van der Waals surface area contributed by atoms with E-state index in [1.807, 2.05) is 0 Å². The first-order valence-corrected chi connectivity index (χ1v) is 11.8. The topological polar surface area (TPSA) is 158 Å². The molecule has 0 radical (unpaired) electrons. The molecular weight excluding hydrogens is 495 g/mol. The van der Waals surface area contributed by atoms with Crippen molar-refractivity contribution in [3.8, 4) is 5.75 Å². The number of ether oxygens (including phenoxy) is 6. The fourth-order valence-corrected chi connectivity index (χ4v) is 3.87. The highest BCUT2D eigenvalue weighted by atomic mass is 32.3. The molecule has 0 aromatic heterocycles. The zero-order chi connectivity index (χ0) is 26.3. The second-order valence-corrected chi connectivity index (χ2v) is 8.88. The monoisotopic (exact) mass is 520 g/mol. The maximum absolute atomic E-state index is 12.9. The molecule has 1 aliphatic heterocycles. The van der Waals surface area contributed by atoms with Gasteiger partial charge in [0, 0.05) is 27.7 Å². The third-order valence-electron chi connectivity index (χ3n) is 4.46. The molecule has 0 bridgehead atoms. The Morgan fingerprint density at radius 2 is 1.34 bits per heavy atom. The Morgan fingerprint density at radius 1 is 0.829 bits per heavy atom. The molecular formula is C21H25FO12S. The first-order valence-electron chi connectivity index (χ1n) is 10.2. The summed E-state index contributed by atoms with van der Waals surface area (Å²) >= 11 is 0. The zero-order valence-corrected chi connectivity index (χ0v) is 20.1. The van der Waals surface area contributed by atoms with E-state index in [1.54, 1.807) is 0 Å². The number of carbonyl (C=O) groups is 4. The van der Waals surface area contributed by atoms with Crippen molar-refractivity contribution in [1.29, 1.82) is 0 Å². The summed E-state index contributed by atoms with van der Waals surface area (Å²) < 4.78 is 66.9. The highest BCUT2D eigenvalue weighted by Gasteiger charge is 2.53. The van der Waals surface area contributed by atoms with Crippen molar-refractivity contribution < 1.29 is 59.9 Å². The van der Waals surface area contributed by atoms with E-state index in [-0.39, 0.29) is 11.3 Å². The minimum atomic E-state index is -4.75. The van der Waals surface area contributed by atoms with Gasteiger partial charge in [-0.05, 0) is 17.7 Å². The average molecular weight is 520 g/mol.